The molecule has 0 aromatic rings. The molecule has 0 rings (SSSR count). The van der Waals surface area contributed by atoms with Crippen LogP contribution in [0, 0.1) is 0 Å². The Hall–Kier alpha value is -0.760. The predicted molar refractivity (Wildman–Crippen MR) is 206 cm³/mol. The van der Waals surface area contributed by atoms with Gasteiger partial charge in [-0.25, -0.2) is 4.57 Å². The van der Waals surface area contributed by atoms with Gasteiger partial charge in [-0.15, -0.1) is 0 Å². The minimum Gasteiger partial charge on any atom is -0.457 e. The van der Waals surface area contributed by atoms with Crippen LogP contribution in [0.2, 0.25) is 0 Å². The van der Waals surface area contributed by atoms with Crippen molar-refractivity contribution in [3.8, 4) is 0 Å². The van der Waals surface area contributed by atoms with E-state index in [-0.39, 0.29) is 32.3 Å². The first kappa shape index (κ1) is 48.2. The Morgan fingerprint density at radius 1 is 0.592 bits per heavy atom. The summed E-state index contributed by atoms with van der Waals surface area (Å²) in [6.45, 7) is 4.89. The standard InChI is InChI=1S/C40H80NO7P/c1-3-5-7-9-11-13-15-16-17-18-19-20-21-22-23-25-27-29-31-33-40(42)48-39(38-47-49(43,44)46-36-34-41)37-45-35-32-30-28-26-24-14-12-10-8-6-4-2/h8,10,39H,3-7,9,11-38,41H2,1-2H3,(H,43,44)/b10-8-. The highest BCUT2D eigenvalue weighted by molar-refractivity contribution is 7.47. The van der Waals surface area contributed by atoms with Crippen LogP contribution in [0.5, 0.6) is 0 Å². The number of ether oxygens (including phenoxy) is 2. The second-order valence-electron chi connectivity index (χ2n) is 13.9. The number of carbonyl (C=O) groups excluding carboxylic acids is 1. The molecule has 0 spiro atoms. The number of hydrogen-bond acceptors (Lipinski definition) is 7. The molecule has 0 heterocycles. The Morgan fingerprint density at radius 3 is 1.57 bits per heavy atom. The highest BCUT2D eigenvalue weighted by Gasteiger charge is 2.25. The molecular weight excluding hydrogens is 637 g/mol. The van der Waals surface area contributed by atoms with E-state index in [2.05, 4.69) is 26.0 Å². The predicted octanol–water partition coefficient (Wildman–Crippen LogP) is 11.9. The second-order valence-corrected chi connectivity index (χ2v) is 15.3. The average Bonchev–Trinajstić information content (AvgIpc) is 3.09. The van der Waals surface area contributed by atoms with Gasteiger partial charge in [0, 0.05) is 19.6 Å². The van der Waals surface area contributed by atoms with Gasteiger partial charge < -0.3 is 20.1 Å². The molecule has 0 aromatic carbocycles. The van der Waals surface area contributed by atoms with Crippen molar-refractivity contribution in [2.45, 2.75) is 206 Å². The fourth-order valence-corrected chi connectivity index (χ4v) is 6.65. The van der Waals surface area contributed by atoms with Crippen LogP contribution >= 0.6 is 7.82 Å². The molecule has 2 unspecified atom stereocenters. The van der Waals surface area contributed by atoms with Crippen molar-refractivity contribution in [2.24, 2.45) is 5.73 Å². The molecule has 0 saturated carbocycles. The molecule has 0 amide bonds. The van der Waals surface area contributed by atoms with E-state index < -0.39 is 13.9 Å². The van der Waals surface area contributed by atoms with Crippen molar-refractivity contribution >= 4 is 13.8 Å². The normalized spacial score (nSPS) is 13.6. The first-order valence-electron chi connectivity index (χ1n) is 20.7. The lowest BCUT2D eigenvalue weighted by molar-refractivity contribution is -0.154. The number of allylic oxidation sites excluding steroid dienone is 2. The first-order chi connectivity index (χ1) is 23.9. The maximum atomic E-state index is 12.5. The van der Waals surface area contributed by atoms with E-state index in [9.17, 15) is 14.3 Å². The van der Waals surface area contributed by atoms with Gasteiger partial charge in [0.15, 0.2) is 0 Å². The van der Waals surface area contributed by atoms with Gasteiger partial charge in [-0.3, -0.25) is 13.8 Å². The molecule has 0 bridgehead atoms. The van der Waals surface area contributed by atoms with Crippen LogP contribution in [-0.4, -0.2) is 49.9 Å². The van der Waals surface area contributed by atoms with Gasteiger partial charge in [0.2, 0.25) is 0 Å². The highest BCUT2D eigenvalue weighted by Crippen LogP contribution is 2.43. The number of phosphoric acid groups is 1. The SMILES string of the molecule is CCC/C=C\CCCCCCCCOCC(COP(=O)(O)OCCN)OC(=O)CCCCCCCCCCCCCCCCCCCCC. The van der Waals surface area contributed by atoms with Gasteiger partial charge in [0.05, 0.1) is 19.8 Å². The second kappa shape index (κ2) is 38.5. The lowest BCUT2D eigenvalue weighted by Gasteiger charge is -2.20. The van der Waals surface area contributed by atoms with E-state index in [1.165, 1.54) is 148 Å². The van der Waals surface area contributed by atoms with Crippen molar-refractivity contribution in [2.75, 3.05) is 33.0 Å². The van der Waals surface area contributed by atoms with Crippen molar-refractivity contribution in [1.29, 1.82) is 0 Å². The summed E-state index contributed by atoms with van der Waals surface area (Å²) in [7, 11) is -4.27. The van der Waals surface area contributed by atoms with E-state index >= 15 is 0 Å². The molecule has 292 valence electrons. The highest BCUT2D eigenvalue weighted by atomic mass is 31.2. The molecule has 0 radical (unpaired) electrons. The molecule has 0 aliphatic heterocycles. The Balaban J connectivity index is 3.96. The lowest BCUT2D eigenvalue weighted by atomic mass is 10.0. The summed E-state index contributed by atoms with van der Waals surface area (Å²) >= 11 is 0. The average molecular weight is 718 g/mol. The van der Waals surface area contributed by atoms with Crippen molar-refractivity contribution < 1.29 is 32.8 Å². The molecule has 9 heteroatoms. The van der Waals surface area contributed by atoms with E-state index in [0.29, 0.717) is 13.0 Å². The number of carbonyl (C=O) groups is 1. The molecule has 0 aliphatic carbocycles. The molecule has 8 nitrogen and oxygen atoms in total. The van der Waals surface area contributed by atoms with E-state index in [4.69, 9.17) is 24.3 Å². The van der Waals surface area contributed by atoms with Crippen molar-refractivity contribution in [3.05, 3.63) is 12.2 Å². The Bertz CT molecular complexity index is 767. The van der Waals surface area contributed by atoms with Crippen LogP contribution in [0.4, 0.5) is 0 Å². The molecule has 0 aliphatic rings. The van der Waals surface area contributed by atoms with E-state index in [1.807, 2.05) is 0 Å². The molecule has 2 atom stereocenters. The zero-order chi connectivity index (χ0) is 35.9. The minimum atomic E-state index is -4.27. The van der Waals surface area contributed by atoms with Crippen LogP contribution < -0.4 is 5.73 Å². The van der Waals surface area contributed by atoms with Gasteiger partial charge in [-0.1, -0.05) is 174 Å². The topological polar surface area (TPSA) is 117 Å². The van der Waals surface area contributed by atoms with Crippen LogP contribution in [0.1, 0.15) is 200 Å². The Morgan fingerprint density at radius 2 is 1.06 bits per heavy atom. The summed E-state index contributed by atoms with van der Waals surface area (Å²) in [4.78, 5) is 22.4. The third-order valence-corrected chi connectivity index (χ3v) is 9.90. The van der Waals surface area contributed by atoms with Gasteiger partial charge in [0.25, 0.3) is 0 Å². The monoisotopic (exact) mass is 718 g/mol. The molecule has 0 fully saturated rings. The maximum absolute atomic E-state index is 12.5. The van der Waals surface area contributed by atoms with Gasteiger partial charge in [-0.05, 0) is 32.1 Å². The third kappa shape index (κ3) is 38.3. The lowest BCUT2D eigenvalue weighted by Crippen LogP contribution is -2.28. The number of hydrogen-bond donors (Lipinski definition) is 2. The number of phosphoric ester groups is 1. The van der Waals surface area contributed by atoms with Crippen LogP contribution in [-0.2, 0) is 27.9 Å². The summed E-state index contributed by atoms with van der Waals surface area (Å²) in [6, 6.07) is 0. The zero-order valence-corrected chi connectivity index (χ0v) is 33.1. The van der Waals surface area contributed by atoms with Crippen molar-refractivity contribution in [1.82, 2.24) is 0 Å². The summed E-state index contributed by atoms with van der Waals surface area (Å²) in [5.74, 6) is -0.329. The van der Waals surface area contributed by atoms with Gasteiger partial charge in [-0.2, -0.15) is 0 Å². The van der Waals surface area contributed by atoms with Crippen molar-refractivity contribution in [3.63, 3.8) is 0 Å². The summed E-state index contributed by atoms with van der Waals surface area (Å²) in [5, 5.41) is 0. The number of rotatable bonds is 40. The first-order valence-corrected chi connectivity index (χ1v) is 22.2. The molecule has 49 heavy (non-hydrogen) atoms. The maximum Gasteiger partial charge on any atom is 0.472 e. The number of nitrogens with two attached hydrogens (primary N) is 1. The molecular formula is C40H80NO7P. The molecule has 0 aromatic heterocycles. The van der Waals surface area contributed by atoms with E-state index in [0.717, 1.165) is 32.1 Å². The minimum absolute atomic E-state index is 0.0936. The number of unbranched alkanes of at least 4 members (excludes halogenated alkanes) is 25. The third-order valence-electron chi connectivity index (χ3n) is 8.91. The Kier molecular flexibility index (Phi) is 37.9. The fourth-order valence-electron chi connectivity index (χ4n) is 5.88. The zero-order valence-electron chi connectivity index (χ0n) is 32.2. The number of esters is 1. The van der Waals surface area contributed by atoms with Crippen LogP contribution in [0.15, 0.2) is 12.2 Å². The smallest absolute Gasteiger partial charge is 0.457 e. The molecule has 0 saturated heterocycles. The van der Waals surface area contributed by atoms with Gasteiger partial charge in [0.1, 0.15) is 6.10 Å². The van der Waals surface area contributed by atoms with Gasteiger partial charge >= 0.3 is 13.8 Å². The fraction of sp³-hybridized carbons (Fsp3) is 0.925. The van der Waals surface area contributed by atoms with E-state index in [1.54, 1.807) is 0 Å². The van der Waals surface area contributed by atoms with Crippen LogP contribution in [0.25, 0.3) is 0 Å². The quantitative estimate of drug-likeness (QED) is 0.0278. The summed E-state index contributed by atoms with van der Waals surface area (Å²) in [6.07, 6.45) is 39.4. The summed E-state index contributed by atoms with van der Waals surface area (Å²) in [5.41, 5.74) is 5.36. The van der Waals surface area contributed by atoms with Crippen LogP contribution in [0.3, 0.4) is 0 Å². The summed E-state index contributed by atoms with van der Waals surface area (Å²) < 4.78 is 33.3. The Labute approximate surface area is 303 Å². The molecule has 3 N–H and O–H groups in total. The largest absolute Gasteiger partial charge is 0.472 e.